The van der Waals surface area contributed by atoms with Crippen LogP contribution in [0.4, 0.5) is 11.4 Å². The Bertz CT molecular complexity index is 420. The number of hydrogen-bond donors (Lipinski definition) is 2. The van der Waals surface area contributed by atoms with Crippen molar-refractivity contribution in [1.82, 2.24) is 0 Å². The second-order valence-corrected chi connectivity index (χ2v) is 4.06. The van der Waals surface area contributed by atoms with E-state index in [1.165, 1.54) is 24.3 Å². The predicted octanol–water partition coefficient (Wildman–Crippen LogP) is 1.94. The lowest BCUT2D eigenvalue weighted by Crippen LogP contribution is -2.39. The topological polar surface area (TPSA) is 98.3 Å². The van der Waals surface area contributed by atoms with Crippen LogP contribution in [0, 0.1) is 16.0 Å². The second-order valence-electron chi connectivity index (χ2n) is 4.06. The molecule has 7 heteroatoms. The van der Waals surface area contributed by atoms with Crippen LogP contribution in [0.25, 0.3) is 0 Å². The van der Waals surface area contributed by atoms with E-state index in [-0.39, 0.29) is 29.9 Å². The highest BCUT2D eigenvalue weighted by molar-refractivity contribution is 5.94. The molecule has 0 spiro atoms. The zero-order valence-electron chi connectivity index (χ0n) is 10.1. The molecule has 1 atom stereocenters. The van der Waals surface area contributed by atoms with Crippen LogP contribution in [-0.2, 0) is 4.79 Å². The number of anilines is 1. The van der Waals surface area contributed by atoms with Gasteiger partial charge in [-0.1, -0.05) is 13.8 Å². The molecule has 6 nitrogen and oxygen atoms in total. The van der Waals surface area contributed by atoms with Gasteiger partial charge in [0.15, 0.2) is 0 Å². The fourth-order valence-corrected chi connectivity index (χ4v) is 1.19. The van der Waals surface area contributed by atoms with E-state index in [1.807, 2.05) is 13.8 Å². The van der Waals surface area contributed by atoms with Crippen LogP contribution < -0.4 is 11.1 Å². The summed E-state index contributed by atoms with van der Waals surface area (Å²) in [4.78, 5) is 21.5. The van der Waals surface area contributed by atoms with Gasteiger partial charge in [-0.3, -0.25) is 14.9 Å². The first kappa shape index (κ1) is 16.3. The Morgan fingerprint density at radius 2 is 1.83 bits per heavy atom. The number of nitrogens with one attached hydrogen (secondary N) is 1. The zero-order valence-corrected chi connectivity index (χ0v) is 10.9. The third-order valence-corrected chi connectivity index (χ3v) is 2.37. The molecular weight excluding hydrogens is 258 g/mol. The summed E-state index contributed by atoms with van der Waals surface area (Å²) in [6, 6.07) is 5.02. The van der Waals surface area contributed by atoms with Gasteiger partial charge in [0.05, 0.1) is 11.0 Å². The van der Waals surface area contributed by atoms with Crippen LogP contribution in [0.5, 0.6) is 0 Å². The number of halogens is 1. The van der Waals surface area contributed by atoms with E-state index < -0.39 is 11.0 Å². The average Bonchev–Trinajstić information content (AvgIpc) is 2.28. The molecule has 0 fully saturated rings. The van der Waals surface area contributed by atoms with Gasteiger partial charge in [0.1, 0.15) is 0 Å². The van der Waals surface area contributed by atoms with Crippen molar-refractivity contribution in [2.24, 2.45) is 11.7 Å². The molecule has 0 aliphatic carbocycles. The van der Waals surface area contributed by atoms with Gasteiger partial charge in [-0.15, -0.1) is 12.4 Å². The van der Waals surface area contributed by atoms with Crippen LogP contribution in [0.1, 0.15) is 13.8 Å². The monoisotopic (exact) mass is 273 g/mol. The Labute approximate surface area is 111 Å². The summed E-state index contributed by atoms with van der Waals surface area (Å²) in [5.41, 5.74) is 6.15. The molecule has 0 aliphatic rings. The number of nitrogens with two attached hydrogens (primary N) is 1. The van der Waals surface area contributed by atoms with Crippen molar-refractivity contribution in [3.05, 3.63) is 34.4 Å². The fraction of sp³-hybridized carbons (Fsp3) is 0.364. The van der Waals surface area contributed by atoms with Gasteiger partial charge < -0.3 is 11.1 Å². The number of carbonyl (C=O) groups excluding carboxylic acids is 1. The SMILES string of the molecule is CC(C)C(N)C(=O)Nc1ccc([N+](=O)[O-])cc1.Cl. The summed E-state index contributed by atoms with van der Waals surface area (Å²) in [5, 5.41) is 13.0. The Morgan fingerprint density at radius 1 is 1.33 bits per heavy atom. The van der Waals surface area contributed by atoms with E-state index in [2.05, 4.69) is 5.32 Å². The normalized spacial score (nSPS) is 11.6. The molecule has 1 amide bonds. The Kier molecular flexibility index (Phi) is 6.29. The van der Waals surface area contributed by atoms with Crippen LogP contribution >= 0.6 is 12.4 Å². The number of nitro benzene ring substituents is 1. The fourth-order valence-electron chi connectivity index (χ4n) is 1.19. The van der Waals surface area contributed by atoms with Crippen molar-refractivity contribution in [2.45, 2.75) is 19.9 Å². The first-order valence-electron chi connectivity index (χ1n) is 5.22. The quantitative estimate of drug-likeness (QED) is 0.647. The lowest BCUT2D eigenvalue weighted by Gasteiger charge is -2.15. The van der Waals surface area contributed by atoms with Crippen molar-refractivity contribution in [1.29, 1.82) is 0 Å². The number of amides is 1. The second kappa shape index (κ2) is 6.93. The van der Waals surface area contributed by atoms with E-state index >= 15 is 0 Å². The number of nitrogens with zero attached hydrogens (tertiary/aromatic N) is 1. The smallest absolute Gasteiger partial charge is 0.269 e. The Balaban J connectivity index is 0.00000289. The summed E-state index contributed by atoms with van der Waals surface area (Å²) in [6.07, 6.45) is 0. The van der Waals surface area contributed by atoms with Gasteiger partial charge in [0.2, 0.25) is 5.91 Å². The Hall–Kier alpha value is -1.66. The maximum Gasteiger partial charge on any atom is 0.269 e. The van der Waals surface area contributed by atoms with Crippen LogP contribution in [0.2, 0.25) is 0 Å². The minimum atomic E-state index is -0.592. The van der Waals surface area contributed by atoms with Crippen LogP contribution in [-0.4, -0.2) is 16.9 Å². The lowest BCUT2D eigenvalue weighted by atomic mass is 10.0. The third-order valence-electron chi connectivity index (χ3n) is 2.37. The molecule has 0 aromatic heterocycles. The summed E-state index contributed by atoms with van der Waals surface area (Å²) in [5.74, 6) is -0.262. The minimum absolute atomic E-state index is 0. The van der Waals surface area contributed by atoms with Gasteiger partial charge in [0, 0.05) is 17.8 Å². The number of carbonyl (C=O) groups is 1. The number of benzene rings is 1. The first-order valence-corrected chi connectivity index (χ1v) is 5.22. The van der Waals surface area contributed by atoms with E-state index in [4.69, 9.17) is 5.73 Å². The minimum Gasteiger partial charge on any atom is -0.325 e. The maximum atomic E-state index is 11.6. The van der Waals surface area contributed by atoms with E-state index in [0.717, 1.165) is 0 Å². The Morgan fingerprint density at radius 3 is 2.22 bits per heavy atom. The molecule has 100 valence electrons. The van der Waals surface area contributed by atoms with Gasteiger partial charge in [0.25, 0.3) is 5.69 Å². The zero-order chi connectivity index (χ0) is 13.0. The molecular formula is C11H16ClN3O3. The summed E-state index contributed by atoms with van der Waals surface area (Å²) < 4.78 is 0. The molecule has 1 unspecified atom stereocenters. The van der Waals surface area contributed by atoms with Gasteiger partial charge in [-0.05, 0) is 18.1 Å². The maximum absolute atomic E-state index is 11.6. The van der Waals surface area contributed by atoms with Crippen LogP contribution in [0.15, 0.2) is 24.3 Å². The lowest BCUT2D eigenvalue weighted by molar-refractivity contribution is -0.384. The molecule has 0 saturated carbocycles. The van der Waals surface area contributed by atoms with Crippen molar-refractivity contribution in [3.8, 4) is 0 Å². The highest BCUT2D eigenvalue weighted by atomic mass is 35.5. The van der Waals surface area contributed by atoms with Crippen LogP contribution in [0.3, 0.4) is 0 Å². The molecule has 0 radical (unpaired) electrons. The summed E-state index contributed by atoms with van der Waals surface area (Å²) in [7, 11) is 0. The molecule has 3 N–H and O–H groups in total. The molecule has 1 aromatic carbocycles. The molecule has 0 saturated heterocycles. The van der Waals surface area contributed by atoms with E-state index in [9.17, 15) is 14.9 Å². The average molecular weight is 274 g/mol. The van der Waals surface area contributed by atoms with Crippen molar-refractivity contribution < 1.29 is 9.72 Å². The van der Waals surface area contributed by atoms with E-state index in [1.54, 1.807) is 0 Å². The number of rotatable bonds is 4. The molecule has 1 aromatic rings. The predicted molar refractivity (Wildman–Crippen MR) is 71.8 cm³/mol. The number of hydrogen-bond acceptors (Lipinski definition) is 4. The molecule has 18 heavy (non-hydrogen) atoms. The molecule has 1 rings (SSSR count). The largest absolute Gasteiger partial charge is 0.325 e. The van der Waals surface area contributed by atoms with Crippen molar-refractivity contribution in [2.75, 3.05) is 5.32 Å². The first-order chi connectivity index (χ1) is 7.91. The third kappa shape index (κ3) is 4.31. The van der Waals surface area contributed by atoms with Gasteiger partial charge >= 0.3 is 0 Å². The highest BCUT2D eigenvalue weighted by Crippen LogP contribution is 2.15. The summed E-state index contributed by atoms with van der Waals surface area (Å²) in [6.45, 7) is 3.69. The van der Waals surface area contributed by atoms with E-state index in [0.29, 0.717) is 5.69 Å². The molecule has 0 heterocycles. The van der Waals surface area contributed by atoms with Gasteiger partial charge in [-0.25, -0.2) is 0 Å². The summed E-state index contributed by atoms with van der Waals surface area (Å²) >= 11 is 0. The highest BCUT2D eigenvalue weighted by Gasteiger charge is 2.17. The van der Waals surface area contributed by atoms with Crippen molar-refractivity contribution >= 4 is 29.7 Å². The molecule has 0 aliphatic heterocycles. The number of nitro groups is 1. The molecule has 0 bridgehead atoms. The van der Waals surface area contributed by atoms with Gasteiger partial charge in [-0.2, -0.15) is 0 Å². The number of non-ortho nitro benzene ring substituents is 1. The standard InChI is InChI=1S/C11H15N3O3.ClH/c1-7(2)10(12)11(15)13-8-3-5-9(6-4-8)14(16)17;/h3-7,10H,12H2,1-2H3,(H,13,15);1H. The van der Waals surface area contributed by atoms with Crippen molar-refractivity contribution in [3.63, 3.8) is 0 Å².